The van der Waals surface area contributed by atoms with Gasteiger partial charge in [0.15, 0.2) is 0 Å². The first-order chi connectivity index (χ1) is 13.6. The van der Waals surface area contributed by atoms with E-state index in [0.717, 1.165) is 36.4 Å². The lowest BCUT2D eigenvalue weighted by Gasteiger charge is -2.32. The highest BCUT2D eigenvalue weighted by atomic mass is 16.5. The van der Waals surface area contributed by atoms with E-state index >= 15 is 0 Å². The van der Waals surface area contributed by atoms with Gasteiger partial charge < -0.3 is 9.64 Å². The predicted octanol–water partition coefficient (Wildman–Crippen LogP) is 3.33. The summed E-state index contributed by atoms with van der Waals surface area (Å²) in [6.45, 7) is 3.30. The summed E-state index contributed by atoms with van der Waals surface area (Å²) < 4.78 is 7.73. The van der Waals surface area contributed by atoms with Gasteiger partial charge in [0.25, 0.3) is 5.91 Å². The number of aryl methyl sites for hydroxylation is 2. The number of rotatable bonds is 4. The Morgan fingerprint density at radius 2 is 2.00 bits per heavy atom. The highest BCUT2D eigenvalue weighted by Gasteiger charge is 2.29. The molecule has 7 nitrogen and oxygen atoms in total. The first kappa shape index (κ1) is 18.2. The van der Waals surface area contributed by atoms with Crippen molar-refractivity contribution in [1.29, 1.82) is 0 Å². The fraction of sp³-hybridized carbons (Fsp3) is 0.333. The van der Waals surface area contributed by atoms with Gasteiger partial charge in [-0.15, -0.1) is 0 Å². The lowest BCUT2D eigenvalue weighted by Crippen LogP contribution is -2.39. The molecule has 144 valence electrons. The zero-order valence-electron chi connectivity index (χ0n) is 16.1. The Bertz CT molecular complexity index is 984. The molecule has 1 saturated heterocycles. The van der Waals surface area contributed by atoms with Crippen molar-refractivity contribution in [3.05, 3.63) is 65.9 Å². The summed E-state index contributed by atoms with van der Waals surface area (Å²) in [7, 11) is 1.81. The molecule has 0 spiro atoms. The van der Waals surface area contributed by atoms with Gasteiger partial charge in [-0.1, -0.05) is 18.2 Å². The van der Waals surface area contributed by atoms with E-state index in [4.69, 9.17) is 4.74 Å². The van der Waals surface area contributed by atoms with Crippen LogP contribution in [0.15, 0.2) is 48.9 Å². The van der Waals surface area contributed by atoms with Crippen LogP contribution < -0.4 is 4.74 Å². The highest BCUT2D eigenvalue weighted by molar-refractivity contribution is 5.92. The van der Waals surface area contributed by atoms with E-state index in [1.165, 1.54) is 0 Å². The topological polar surface area (TPSA) is 73.1 Å². The number of hydrogen-bond donors (Lipinski definition) is 0. The van der Waals surface area contributed by atoms with Crippen LogP contribution in [0.25, 0.3) is 0 Å². The Kier molecular flexibility index (Phi) is 5.06. The molecule has 1 aliphatic rings. The number of para-hydroxylation sites is 1. The van der Waals surface area contributed by atoms with Crippen LogP contribution >= 0.6 is 0 Å². The molecule has 0 unspecified atom stereocenters. The van der Waals surface area contributed by atoms with Crippen molar-refractivity contribution in [3.8, 4) is 11.6 Å². The highest BCUT2D eigenvalue weighted by Crippen LogP contribution is 2.33. The van der Waals surface area contributed by atoms with Crippen molar-refractivity contribution in [2.75, 3.05) is 13.1 Å². The molecule has 0 N–H and O–H groups in total. The monoisotopic (exact) mass is 377 g/mol. The van der Waals surface area contributed by atoms with Gasteiger partial charge in [0.05, 0.1) is 0 Å². The first-order valence-corrected chi connectivity index (χ1v) is 9.45. The number of carbonyl (C=O) groups is 1. The fourth-order valence-electron chi connectivity index (χ4n) is 3.55. The van der Waals surface area contributed by atoms with Crippen LogP contribution in [0, 0.1) is 6.92 Å². The molecule has 0 radical (unpaired) electrons. The number of nitrogens with zero attached hydrogens (tertiary/aromatic N) is 5. The van der Waals surface area contributed by atoms with Crippen molar-refractivity contribution in [3.63, 3.8) is 0 Å². The Hall–Kier alpha value is -3.22. The molecule has 0 saturated carbocycles. The van der Waals surface area contributed by atoms with Gasteiger partial charge in [-0.3, -0.25) is 14.5 Å². The third-order valence-electron chi connectivity index (χ3n) is 5.02. The van der Waals surface area contributed by atoms with E-state index in [1.807, 2.05) is 43.1 Å². The molecule has 1 atom stereocenters. The average Bonchev–Trinajstić information content (AvgIpc) is 3.16. The molecule has 28 heavy (non-hydrogen) atoms. The summed E-state index contributed by atoms with van der Waals surface area (Å²) in [5, 5.41) is 4.24. The summed E-state index contributed by atoms with van der Waals surface area (Å²) in [6, 6.07) is 9.58. The molecule has 1 aliphatic heterocycles. The average molecular weight is 377 g/mol. The quantitative estimate of drug-likeness (QED) is 0.697. The van der Waals surface area contributed by atoms with E-state index in [-0.39, 0.29) is 11.8 Å². The van der Waals surface area contributed by atoms with E-state index in [2.05, 4.69) is 15.1 Å². The molecule has 3 heterocycles. The summed E-state index contributed by atoms with van der Waals surface area (Å²) in [6.07, 6.45) is 6.94. The Balaban J connectivity index is 1.55. The fourth-order valence-corrected chi connectivity index (χ4v) is 3.55. The predicted molar refractivity (Wildman–Crippen MR) is 104 cm³/mol. The van der Waals surface area contributed by atoms with Crippen LogP contribution in [0.4, 0.5) is 0 Å². The third kappa shape index (κ3) is 3.74. The lowest BCUT2D eigenvalue weighted by molar-refractivity contribution is 0.0698. The van der Waals surface area contributed by atoms with Crippen molar-refractivity contribution >= 4 is 5.91 Å². The van der Waals surface area contributed by atoms with E-state index in [9.17, 15) is 4.79 Å². The number of benzene rings is 1. The lowest BCUT2D eigenvalue weighted by atomic mass is 9.94. The van der Waals surface area contributed by atoms with Gasteiger partial charge in [-0.25, -0.2) is 4.98 Å². The Morgan fingerprint density at radius 1 is 1.18 bits per heavy atom. The Labute approximate surface area is 164 Å². The summed E-state index contributed by atoms with van der Waals surface area (Å²) >= 11 is 0. The van der Waals surface area contributed by atoms with Gasteiger partial charge in [0.2, 0.25) is 5.88 Å². The molecule has 1 aromatic carbocycles. The van der Waals surface area contributed by atoms with Crippen molar-refractivity contribution in [2.24, 2.45) is 7.05 Å². The standard InChI is InChI=1S/C21H23N5O2/c1-15-6-3-4-8-18(15)28-20-19(22-10-11-23-20)16-7-5-12-26(14-16)21(27)17-9-13-25(2)24-17/h3-4,6,8-11,13,16H,5,7,12,14H2,1-2H3/t16-/m1/s1. The van der Waals surface area contributed by atoms with Crippen LogP contribution in [0.3, 0.4) is 0 Å². The third-order valence-corrected chi connectivity index (χ3v) is 5.02. The maximum atomic E-state index is 12.8. The minimum absolute atomic E-state index is 0.0458. The first-order valence-electron chi connectivity index (χ1n) is 9.45. The van der Waals surface area contributed by atoms with E-state index in [0.29, 0.717) is 18.1 Å². The molecule has 0 bridgehead atoms. The molecule has 0 aliphatic carbocycles. The summed E-state index contributed by atoms with van der Waals surface area (Å²) in [5.74, 6) is 1.31. The summed E-state index contributed by atoms with van der Waals surface area (Å²) in [5.41, 5.74) is 2.30. The van der Waals surface area contributed by atoms with Crippen LogP contribution in [-0.2, 0) is 7.05 Å². The molecular weight excluding hydrogens is 354 g/mol. The second-order valence-corrected chi connectivity index (χ2v) is 7.08. The van der Waals surface area contributed by atoms with E-state index in [1.54, 1.807) is 29.3 Å². The van der Waals surface area contributed by atoms with Crippen molar-refractivity contribution in [2.45, 2.75) is 25.7 Å². The zero-order valence-corrected chi connectivity index (χ0v) is 16.1. The maximum absolute atomic E-state index is 12.8. The van der Waals surface area contributed by atoms with Gasteiger partial charge in [-0.05, 0) is 37.5 Å². The number of ether oxygens (including phenoxy) is 1. The molecule has 3 aromatic rings. The van der Waals surface area contributed by atoms with Gasteiger partial charge in [0, 0.05) is 44.6 Å². The SMILES string of the molecule is Cc1ccccc1Oc1nccnc1[C@@H]1CCCN(C(=O)c2ccn(C)n2)C1. The van der Waals surface area contributed by atoms with Crippen molar-refractivity contribution in [1.82, 2.24) is 24.6 Å². The largest absolute Gasteiger partial charge is 0.437 e. The molecule has 7 heteroatoms. The zero-order chi connectivity index (χ0) is 19.5. The van der Waals surface area contributed by atoms with Crippen LogP contribution in [0.5, 0.6) is 11.6 Å². The molecule has 4 rings (SSSR count). The number of likely N-dealkylation sites (tertiary alicyclic amines) is 1. The van der Waals surface area contributed by atoms with Crippen LogP contribution in [0.2, 0.25) is 0 Å². The number of piperidine rings is 1. The minimum Gasteiger partial charge on any atom is -0.437 e. The molecule has 2 aromatic heterocycles. The molecule has 1 fully saturated rings. The van der Waals surface area contributed by atoms with E-state index < -0.39 is 0 Å². The van der Waals surface area contributed by atoms with Crippen LogP contribution in [0.1, 0.15) is 40.5 Å². The second kappa shape index (κ2) is 7.80. The minimum atomic E-state index is -0.0458. The normalized spacial score (nSPS) is 16.8. The number of carbonyl (C=O) groups excluding carboxylic acids is 1. The number of hydrogen-bond acceptors (Lipinski definition) is 5. The molecule has 1 amide bonds. The number of aromatic nitrogens is 4. The smallest absolute Gasteiger partial charge is 0.274 e. The Morgan fingerprint density at radius 3 is 2.79 bits per heavy atom. The maximum Gasteiger partial charge on any atom is 0.274 e. The molecular formula is C21H23N5O2. The van der Waals surface area contributed by atoms with Crippen LogP contribution in [-0.4, -0.2) is 43.6 Å². The summed E-state index contributed by atoms with van der Waals surface area (Å²) in [4.78, 5) is 23.6. The van der Waals surface area contributed by atoms with Crippen molar-refractivity contribution < 1.29 is 9.53 Å². The van der Waals surface area contributed by atoms with Gasteiger partial charge in [0.1, 0.15) is 17.1 Å². The van der Waals surface area contributed by atoms with Gasteiger partial charge >= 0.3 is 0 Å². The van der Waals surface area contributed by atoms with Gasteiger partial charge in [-0.2, -0.15) is 5.10 Å². The second-order valence-electron chi connectivity index (χ2n) is 7.08. The number of amides is 1.